The van der Waals surface area contributed by atoms with Crippen LogP contribution in [0.5, 0.6) is 5.75 Å². The maximum atomic E-state index is 9.86. The van der Waals surface area contributed by atoms with Gasteiger partial charge in [0.1, 0.15) is 17.4 Å². The molecule has 0 amide bonds. The van der Waals surface area contributed by atoms with Crippen LogP contribution in [0.2, 0.25) is 0 Å². The van der Waals surface area contributed by atoms with Gasteiger partial charge in [0.2, 0.25) is 0 Å². The van der Waals surface area contributed by atoms with Crippen LogP contribution in [-0.2, 0) is 4.74 Å². The zero-order chi connectivity index (χ0) is 23.3. The van der Waals surface area contributed by atoms with Gasteiger partial charge in [-0.05, 0) is 45.1 Å². The minimum atomic E-state index is -0.432. The Morgan fingerprint density at radius 2 is 2.00 bits per heavy atom. The maximum absolute atomic E-state index is 9.86. The minimum Gasteiger partial charge on any atom is -0.496 e. The lowest BCUT2D eigenvalue weighted by molar-refractivity contribution is -0.133. The van der Waals surface area contributed by atoms with Crippen molar-refractivity contribution in [2.75, 3.05) is 31.0 Å². The molecule has 2 bridgehead atoms. The summed E-state index contributed by atoms with van der Waals surface area (Å²) in [4.78, 5) is 12.1. The van der Waals surface area contributed by atoms with Crippen LogP contribution >= 0.6 is 0 Å². The van der Waals surface area contributed by atoms with Gasteiger partial charge in [0.25, 0.3) is 0 Å². The highest BCUT2D eigenvalue weighted by Gasteiger charge is 2.55. The van der Waals surface area contributed by atoms with Crippen LogP contribution < -0.4 is 26.2 Å². The fraction of sp³-hybridized carbons (Fsp3) is 0.625. The first-order chi connectivity index (χ1) is 16.6. The van der Waals surface area contributed by atoms with Crippen LogP contribution in [0.4, 0.5) is 11.6 Å². The number of piperidine rings is 1. The number of ether oxygens (including phenoxy) is 2. The number of hydrazine groups is 1. The Kier molecular flexibility index (Phi) is 5.45. The summed E-state index contributed by atoms with van der Waals surface area (Å²) in [5.41, 5.74) is 6.93. The molecule has 0 spiro atoms. The van der Waals surface area contributed by atoms with E-state index in [1.54, 1.807) is 13.3 Å². The SMILES string of the molecule is COc1ccnc2cc(NC3CC(C)NN3)nc(NC3C[C@H]4CC[C@@H](C3)N4C3(C#N)COC3)c12. The zero-order valence-electron chi connectivity index (χ0n) is 19.7. The van der Waals surface area contributed by atoms with Crippen molar-refractivity contribution in [3.63, 3.8) is 0 Å². The van der Waals surface area contributed by atoms with E-state index in [-0.39, 0.29) is 12.2 Å². The largest absolute Gasteiger partial charge is 0.496 e. The lowest BCUT2D eigenvalue weighted by Gasteiger charge is -2.51. The Balaban J connectivity index is 1.28. The Morgan fingerprint density at radius 3 is 2.62 bits per heavy atom. The molecule has 0 saturated carbocycles. The van der Waals surface area contributed by atoms with Gasteiger partial charge in [-0.25, -0.2) is 10.4 Å². The van der Waals surface area contributed by atoms with Crippen molar-refractivity contribution in [2.24, 2.45) is 0 Å². The van der Waals surface area contributed by atoms with E-state index in [0.29, 0.717) is 31.3 Å². The highest BCUT2D eigenvalue weighted by Crippen LogP contribution is 2.44. The van der Waals surface area contributed by atoms with E-state index in [2.05, 4.69) is 44.4 Å². The number of aromatic nitrogens is 2. The zero-order valence-corrected chi connectivity index (χ0v) is 19.7. The second-order valence-corrected chi connectivity index (χ2v) is 10.1. The van der Waals surface area contributed by atoms with Crippen molar-refractivity contribution in [2.45, 2.75) is 74.9 Å². The van der Waals surface area contributed by atoms with Crippen LogP contribution in [0.3, 0.4) is 0 Å². The maximum Gasteiger partial charge on any atom is 0.156 e. The molecule has 4 aliphatic rings. The van der Waals surface area contributed by atoms with E-state index < -0.39 is 5.54 Å². The molecule has 6 rings (SSSR count). The lowest BCUT2D eigenvalue weighted by Crippen LogP contribution is -2.67. The number of anilines is 2. The van der Waals surface area contributed by atoms with Gasteiger partial charge in [-0.1, -0.05) is 0 Å². The molecule has 34 heavy (non-hydrogen) atoms. The number of nitrogens with zero attached hydrogens (tertiary/aromatic N) is 4. The number of fused-ring (bicyclic) bond motifs is 3. The Labute approximate surface area is 199 Å². The standard InChI is InChI=1S/C24H32N8O2/c1-14-7-21(31-30-14)28-20-10-18-22(19(33-2)5-6-26-18)23(29-20)27-15-8-16-3-4-17(9-15)32(16)24(11-25)12-34-13-24/h5-6,10,14-17,21,30-31H,3-4,7-9,12-13H2,1-2H3,(H2,27,28,29)/t14?,15?,16-,17+,21?. The van der Waals surface area contributed by atoms with Crippen LogP contribution in [0.15, 0.2) is 18.3 Å². The first-order valence-electron chi connectivity index (χ1n) is 12.2. The number of rotatable bonds is 6. The molecule has 4 saturated heterocycles. The molecular formula is C24H32N8O2. The molecule has 0 aromatic carbocycles. The Bertz CT molecular complexity index is 1100. The highest BCUT2D eigenvalue weighted by atomic mass is 16.5. The molecule has 0 radical (unpaired) electrons. The van der Waals surface area contributed by atoms with E-state index in [1.807, 2.05) is 12.1 Å². The van der Waals surface area contributed by atoms with E-state index >= 15 is 0 Å². The van der Waals surface area contributed by atoms with Crippen molar-refractivity contribution in [3.05, 3.63) is 18.3 Å². The normalized spacial score (nSPS) is 32.2. The van der Waals surface area contributed by atoms with Crippen LogP contribution in [0, 0.1) is 11.3 Å². The monoisotopic (exact) mass is 464 g/mol. The Morgan fingerprint density at radius 1 is 1.21 bits per heavy atom. The first-order valence-corrected chi connectivity index (χ1v) is 12.2. The molecular weight excluding hydrogens is 432 g/mol. The number of nitriles is 1. The van der Waals surface area contributed by atoms with Gasteiger partial charge in [-0.3, -0.25) is 15.3 Å². The molecule has 10 nitrogen and oxygen atoms in total. The Hall–Kier alpha value is -2.71. The lowest BCUT2D eigenvalue weighted by atomic mass is 9.88. The summed E-state index contributed by atoms with van der Waals surface area (Å²) in [5.74, 6) is 2.33. The molecule has 2 aromatic rings. The summed E-state index contributed by atoms with van der Waals surface area (Å²) in [7, 11) is 1.68. The quantitative estimate of drug-likeness (QED) is 0.505. The fourth-order valence-electron chi connectivity index (χ4n) is 6.24. The third-order valence-electron chi connectivity index (χ3n) is 7.78. The minimum absolute atomic E-state index is 0.101. The molecule has 4 aliphatic heterocycles. The number of pyridine rings is 2. The molecule has 180 valence electrons. The van der Waals surface area contributed by atoms with Crippen molar-refractivity contribution in [1.29, 1.82) is 5.26 Å². The van der Waals surface area contributed by atoms with Crippen molar-refractivity contribution in [1.82, 2.24) is 25.7 Å². The van der Waals surface area contributed by atoms with Gasteiger partial charge < -0.3 is 20.1 Å². The molecule has 6 heterocycles. The van der Waals surface area contributed by atoms with Crippen molar-refractivity contribution >= 4 is 22.5 Å². The van der Waals surface area contributed by atoms with Gasteiger partial charge in [0.15, 0.2) is 5.54 Å². The van der Waals surface area contributed by atoms with Crippen LogP contribution in [-0.4, -0.2) is 71.1 Å². The third kappa shape index (κ3) is 3.64. The van der Waals surface area contributed by atoms with Gasteiger partial charge in [-0.15, -0.1) is 0 Å². The topological polar surface area (TPSA) is 119 Å². The van der Waals surface area contributed by atoms with Gasteiger partial charge >= 0.3 is 0 Å². The predicted octanol–water partition coefficient (Wildman–Crippen LogP) is 1.96. The number of hydrogen-bond donors (Lipinski definition) is 4. The third-order valence-corrected chi connectivity index (χ3v) is 7.78. The van der Waals surface area contributed by atoms with E-state index in [1.165, 1.54) is 0 Å². The molecule has 0 aliphatic carbocycles. The van der Waals surface area contributed by atoms with Crippen molar-refractivity contribution < 1.29 is 9.47 Å². The number of hydrogen-bond acceptors (Lipinski definition) is 10. The average molecular weight is 465 g/mol. The van der Waals surface area contributed by atoms with E-state index in [4.69, 9.17) is 14.5 Å². The number of methoxy groups -OCH3 is 1. The van der Waals surface area contributed by atoms with Gasteiger partial charge in [0.05, 0.1) is 43.5 Å². The summed E-state index contributed by atoms with van der Waals surface area (Å²) in [6, 6.07) is 7.87. The second-order valence-electron chi connectivity index (χ2n) is 10.1. The summed E-state index contributed by atoms with van der Waals surface area (Å²) >= 11 is 0. The summed E-state index contributed by atoms with van der Waals surface area (Å²) in [6.45, 7) is 3.20. The first kappa shape index (κ1) is 21.8. The van der Waals surface area contributed by atoms with E-state index in [9.17, 15) is 5.26 Å². The summed E-state index contributed by atoms with van der Waals surface area (Å²) < 4.78 is 11.1. The molecule has 4 N–H and O–H groups in total. The molecule has 4 fully saturated rings. The van der Waals surface area contributed by atoms with Gasteiger partial charge in [-0.2, -0.15) is 5.26 Å². The molecule has 3 unspecified atom stereocenters. The van der Waals surface area contributed by atoms with Crippen LogP contribution in [0.1, 0.15) is 39.0 Å². The molecule has 5 atom stereocenters. The smallest absolute Gasteiger partial charge is 0.156 e. The van der Waals surface area contributed by atoms with E-state index in [0.717, 1.165) is 60.4 Å². The predicted molar refractivity (Wildman–Crippen MR) is 128 cm³/mol. The highest BCUT2D eigenvalue weighted by molar-refractivity contribution is 5.96. The fourth-order valence-corrected chi connectivity index (χ4v) is 6.24. The average Bonchev–Trinajstić information content (AvgIpc) is 3.32. The van der Waals surface area contributed by atoms with Crippen LogP contribution in [0.25, 0.3) is 10.9 Å². The number of nitrogens with one attached hydrogen (secondary N) is 4. The second kappa shape index (κ2) is 8.50. The molecule has 2 aromatic heterocycles. The van der Waals surface area contributed by atoms with Gasteiger partial charge in [0, 0.05) is 36.4 Å². The summed E-state index contributed by atoms with van der Waals surface area (Å²) in [5, 5.41) is 18.0. The van der Waals surface area contributed by atoms with Crippen molar-refractivity contribution in [3.8, 4) is 11.8 Å². The summed E-state index contributed by atoms with van der Waals surface area (Å²) in [6.07, 6.45) is 7.05. The molecule has 10 heteroatoms.